The van der Waals surface area contributed by atoms with Gasteiger partial charge in [-0.1, -0.05) is 24.3 Å². The molecule has 0 fully saturated rings. The van der Waals surface area contributed by atoms with Gasteiger partial charge < -0.3 is 15.8 Å². The van der Waals surface area contributed by atoms with Crippen LogP contribution >= 0.6 is 0 Å². The summed E-state index contributed by atoms with van der Waals surface area (Å²) in [4.78, 5) is 26.3. The average Bonchev–Trinajstić information content (AvgIpc) is 2.93. The topological polar surface area (TPSA) is 114 Å². The van der Waals surface area contributed by atoms with Crippen LogP contribution in [0.3, 0.4) is 0 Å². The van der Waals surface area contributed by atoms with E-state index in [1.165, 1.54) is 16.8 Å². The number of nitrogens with zero attached hydrogens (tertiary/aromatic N) is 2. The number of benzene rings is 2. The Hall–Kier alpha value is -3.61. The molecule has 0 saturated carbocycles. The Labute approximate surface area is 135 Å². The number of aromatic amines is 1. The van der Waals surface area contributed by atoms with Crippen LogP contribution in [0.25, 0.3) is 27.5 Å². The second kappa shape index (κ2) is 4.95. The Morgan fingerprint density at radius 3 is 2.75 bits per heavy atom. The van der Waals surface area contributed by atoms with Crippen LogP contribution in [0, 0.1) is 0 Å². The maximum atomic E-state index is 12.4. The third-order valence-electron chi connectivity index (χ3n) is 3.92. The zero-order valence-electron chi connectivity index (χ0n) is 12.4. The maximum Gasteiger partial charge on any atom is 0.335 e. The molecule has 7 nitrogen and oxygen atoms in total. The second-order valence-corrected chi connectivity index (χ2v) is 5.38. The van der Waals surface area contributed by atoms with Crippen LogP contribution < -0.4 is 11.3 Å². The normalized spacial score (nSPS) is 11.2. The number of aromatic carboxylic acids is 1. The molecule has 0 radical (unpaired) electrons. The number of fused-ring (bicyclic) bond motifs is 3. The smallest absolute Gasteiger partial charge is 0.335 e. The summed E-state index contributed by atoms with van der Waals surface area (Å²) >= 11 is 0. The summed E-state index contributed by atoms with van der Waals surface area (Å²) in [7, 11) is 0. The number of pyridine rings is 1. The molecule has 0 spiro atoms. The van der Waals surface area contributed by atoms with Crippen molar-refractivity contribution < 1.29 is 9.90 Å². The summed E-state index contributed by atoms with van der Waals surface area (Å²) in [5.74, 6) is -0.880. The third-order valence-corrected chi connectivity index (χ3v) is 3.92. The molecule has 4 aromatic rings. The number of nitrogens with two attached hydrogens (primary N) is 1. The lowest BCUT2D eigenvalue weighted by Gasteiger charge is -2.04. The number of hydrogen-bond donors (Lipinski definition) is 3. The summed E-state index contributed by atoms with van der Waals surface area (Å²) in [5, 5.41) is 14.6. The minimum Gasteiger partial charge on any atom is -0.478 e. The van der Waals surface area contributed by atoms with Gasteiger partial charge in [-0.15, -0.1) is 0 Å². The number of para-hydroxylation sites is 1. The van der Waals surface area contributed by atoms with Gasteiger partial charge in [-0.25, -0.2) is 9.48 Å². The molecule has 7 heteroatoms. The summed E-state index contributed by atoms with van der Waals surface area (Å²) in [6, 6.07) is 13.5. The molecule has 0 aliphatic carbocycles. The standard InChI is InChI=1S/C17H12N4O3/c18-15-13-14(11-6-1-2-7-12(11)19-16(13)22)20-21(15)10-5-3-4-9(8-10)17(23)24/h1-8H,18H2,(H,19,22)(H,23,24). The number of carbonyl (C=O) groups is 1. The predicted octanol–water partition coefficient (Wildman–Crippen LogP) is 2.15. The molecule has 0 amide bonds. The molecule has 4 N–H and O–H groups in total. The highest BCUT2D eigenvalue weighted by atomic mass is 16.4. The van der Waals surface area contributed by atoms with Gasteiger partial charge in [0.1, 0.15) is 16.7 Å². The van der Waals surface area contributed by atoms with Crippen LogP contribution in [0.1, 0.15) is 10.4 Å². The lowest BCUT2D eigenvalue weighted by molar-refractivity contribution is 0.0697. The first-order chi connectivity index (χ1) is 11.6. The number of H-pyrrole nitrogens is 1. The highest BCUT2D eigenvalue weighted by Crippen LogP contribution is 2.26. The molecule has 0 atom stereocenters. The Bertz CT molecular complexity index is 1170. The fourth-order valence-electron chi connectivity index (χ4n) is 2.79. The van der Waals surface area contributed by atoms with E-state index in [0.29, 0.717) is 16.7 Å². The molecule has 24 heavy (non-hydrogen) atoms. The predicted molar refractivity (Wildman–Crippen MR) is 90.6 cm³/mol. The van der Waals surface area contributed by atoms with Crippen molar-refractivity contribution in [3.05, 3.63) is 64.4 Å². The highest BCUT2D eigenvalue weighted by Gasteiger charge is 2.16. The van der Waals surface area contributed by atoms with E-state index < -0.39 is 5.97 Å². The van der Waals surface area contributed by atoms with Crippen LogP contribution in [-0.2, 0) is 0 Å². The fraction of sp³-hybridized carbons (Fsp3) is 0. The first-order valence-corrected chi connectivity index (χ1v) is 7.19. The van der Waals surface area contributed by atoms with E-state index in [2.05, 4.69) is 10.1 Å². The quantitative estimate of drug-likeness (QED) is 0.523. The fourth-order valence-corrected chi connectivity index (χ4v) is 2.79. The van der Waals surface area contributed by atoms with E-state index >= 15 is 0 Å². The van der Waals surface area contributed by atoms with Crippen molar-refractivity contribution in [2.75, 3.05) is 5.73 Å². The lowest BCUT2D eigenvalue weighted by atomic mass is 10.1. The Kier molecular flexibility index (Phi) is 2.89. The molecule has 4 rings (SSSR count). The van der Waals surface area contributed by atoms with Crippen LogP contribution in [0.2, 0.25) is 0 Å². The summed E-state index contributed by atoms with van der Waals surface area (Å²) < 4.78 is 1.39. The average molecular weight is 320 g/mol. The molecule has 118 valence electrons. The Morgan fingerprint density at radius 2 is 1.96 bits per heavy atom. The van der Waals surface area contributed by atoms with Gasteiger partial charge in [0.15, 0.2) is 0 Å². The lowest BCUT2D eigenvalue weighted by Crippen LogP contribution is -2.08. The molecule has 0 unspecified atom stereocenters. The van der Waals surface area contributed by atoms with Gasteiger partial charge in [0.25, 0.3) is 5.56 Å². The molecule has 0 bridgehead atoms. The van der Waals surface area contributed by atoms with E-state index in [4.69, 9.17) is 10.8 Å². The number of hydrogen-bond acceptors (Lipinski definition) is 4. The van der Waals surface area contributed by atoms with Gasteiger partial charge in [0.2, 0.25) is 0 Å². The van der Waals surface area contributed by atoms with Crippen LogP contribution in [-0.4, -0.2) is 25.8 Å². The monoisotopic (exact) mass is 320 g/mol. The maximum absolute atomic E-state index is 12.4. The number of anilines is 1. The number of carboxylic acids is 1. The number of rotatable bonds is 2. The van der Waals surface area contributed by atoms with E-state index in [1.54, 1.807) is 18.2 Å². The molecule has 0 saturated heterocycles. The Morgan fingerprint density at radius 1 is 1.17 bits per heavy atom. The first-order valence-electron chi connectivity index (χ1n) is 7.19. The summed E-state index contributed by atoms with van der Waals surface area (Å²) in [6.45, 7) is 0. The van der Waals surface area contributed by atoms with Gasteiger partial charge in [-0.05, 0) is 24.3 Å². The van der Waals surface area contributed by atoms with Crippen molar-refractivity contribution in [2.24, 2.45) is 0 Å². The van der Waals surface area contributed by atoms with E-state index in [-0.39, 0.29) is 22.3 Å². The Balaban J connectivity index is 2.08. The van der Waals surface area contributed by atoms with Crippen LogP contribution in [0.15, 0.2) is 53.3 Å². The summed E-state index contributed by atoms with van der Waals surface area (Å²) in [5.41, 5.74) is 7.53. The molecule has 2 heterocycles. The zero-order chi connectivity index (χ0) is 16.8. The molecule has 0 aliphatic rings. The zero-order valence-corrected chi connectivity index (χ0v) is 12.4. The van der Waals surface area contributed by atoms with Crippen molar-refractivity contribution in [1.82, 2.24) is 14.8 Å². The first kappa shape index (κ1) is 14.0. The minimum absolute atomic E-state index is 0.116. The van der Waals surface area contributed by atoms with Crippen molar-refractivity contribution >= 4 is 33.6 Å². The molecule has 2 aromatic carbocycles. The van der Waals surface area contributed by atoms with Gasteiger partial charge >= 0.3 is 5.97 Å². The minimum atomic E-state index is -1.05. The number of nitrogen functional groups attached to an aromatic ring is 1. The molecule has 2 aromatic heterocycles. The number of nitrogens with one attached hydrogen (secondary N) is 1. The van der Waals surface area contributed by atoms with Crippen LogP contribution in [0.5, 0.6) is 0 Å². The van der Waals surface area contributed by atoms with Crippen molar-refractivity contribution in [3.63, 3.8) is 0 Å². The van der Waals surface area contributed by atoms with Crippen LogP contribution in [0.4, 0.5) is 5.82 Å². The largest absolute Gasteiger partial charge is 0.478 e. The van der Waals surface area contributed by atoms with Gasteiger partial charge in [0, 0.05) is 5.39 Å². The number of aromatic nitrogens is 3. The summed E-state index contributed by atoms with van der Waals surface area (Å²) in [6.07, 6.45) is 0. The van der Waals surface area contributed by atoms with E-state index in [1.807, 2.05) is 18.2 Å². The third kappa shape index (κ3) is 1.95. The van der Waals surface area contributed by atoms with E-state index in [9.17, 15) is 9.59 Å². The molecular weight excluding hydrogens is 308 g/mol. The SMILES string of the molecule is Nc1c2c(=O)[nH]c3ccccc3c2nn1-c1cccc(C(=O)O)c1. The molecular formula is C17H12N4O3. The number of carboxylic acid groups (broad SMARTS) is 1. The second-order valence-electron chi connectivity index (χ2n) is 5.38. The van der Waals surface area contributed by atoms with E-state index in [0.717, 1.165) is 5.39 Å². The van der Waals surface area contributed by atoms with Gasteiger partial charge in [-0.2, -0.15) is 5.10 Å². The molecule has 0 aliphatic heterocycles. The highest BCUT2D eigenvalue weighted by molar-refractivity contribution is 6.06. The van der Waals surface area contributed by atoms with Crippen molar-refractivity contribution in [2.45, 2.75) is 0 Å². The van der Waals surface area contributed by atoms with Gasteiger partial charge in [-0.3, -0.25) is 4.79 Å². The van der Waals surface area contributed by atoms with Crippen molar-refractivity contribution in [1.29, 1.82) is 0 Å². The van der Waals surface area contributed by atoms with Gasteiger partial charge in [0.05, 0.1) is 16.8 Å². The van der Waals surface area contributed by atoms with Crippen molar-refractivity contribution in [3.8, 4) is 5.69 Å².